The van der Waals surface area contributed by atoms with E-state index in [0.717, 1.165) is 6.61 Å². The van der Waals surface area contributed by atoms with Crippen LogP contribution in [0, 0.1) is 0 Å². The van der Waals surface area contributed by atoms with Gasteiger partial charge in [0, 0.05) is 21.7 Å². The van der Waals surface area contributed by atoms with Gasteiger partial charge in [-0.3, -0.25) is 0 Å². The second-order valence-corrected chi connectivity index (χ2v) is 1.65. The molecule has 0 saturated carbocycles. The Morgan fingerprint density at radius 1 is 1.57 bits per heavy atom. The molecular formula is C4H9OTi2. The van der Waals surface area contributed by atoms with E-state index in [1.807, 2.05) is 0 Å². The second-order valence-electron chi connectivity index (χ2n) is 1.20. The molecule has 0 rings (SSSR count). The Bertz CT molecular complexity index is 21.7. The van der Waals surface area contributed by atoms with Crippen molar-refractivity contribution in [2.24, 2.45) is 0 Å². The quantitative estimate of drug-likeness (QED) is 0.456. The average Bonchev–Trinajstić information content (AvgIpc) is 1.61. The zero-order valence-corrected chi connectivity index (χ0v) is 7.65. The predicted octanol–water partition coefficient (Wildman–Crippen LogP) is 1.26. The summed E-state index contributed by atoms with van der Waals surface area (Å²) < 4.78 is 4.78. The zero-order valence-electron chi connectivity index (χ0n) is 4.53. The molecule has 0 saturated heterocycles. The van der Waals surface area contributed by atoms with Crippen LogP contribution in [0.4, 0.5) is 0 Å². The van der Waals surface area contributed by atoms with E-state index in [4.69, 9.17) is 3.32 Å². The summed E-state index contributed by atoms with van der Waals surface area (Å²) in [6.45, 7) is 3.07. The molecule has 0 heterocycles. The van der Waals surface area contributed by atoms with Crippen LogP contribution < -0.4 is 0 Å². The Hall–Kier alpha value is 1.39. The van der Waals surface area contributed by atoms with E-state index in [2.05, 4.69) is 6.92 Å². The Kier molecular flexibility index (Phi) is 16.6. The first-order chi connectivity index (χ1) is 2.91. The van der Waals surface area contributed by atoms with Crippen LogP contribution in [0.25, 0.3) is 0 Å². The third-order valence-electron chi connectivity index (χ3n) is 0.600. The van der Waals surface area contributed by atoms with E-state index >= 15 is 0 Å². The molecule has 0 amide bonds. The van der Waals surface area contributed by atoms with Crippen LogP contribution in [0.1, 0.15) is 19.8 Å². The van der Waals surface area contributed by atoms with Crippen molar-refractivity contribution in [3.8, 4) is 0 Å². The monoisotopic (exact) mass is 169 g/mol. The number of unbranched alkanes of at least 4 members (excludes halogenated alkanes) is 1. The van der Waals surface area contributed by atoms with E-state index in [-0.39, 0.29) is 21.7 Å². The normalized spacial score (nSPS) is 7.43. The predicted molar refractivity (Wildman–Crippen MR) is 20.9 cm³/mol. The van der Waals surface area contributed by atoms with E-state index in [1.165, 1.54) is 12.8 Å². The minimum Gasteiger partial charge on any atom is 0 e. The van der Waals surface area contributed by atoms with Crippen LogP contribution in [0.3, 0.4) is 0 Å². The third-order valence-corrected chi connectivity index (χ3v) is 0.919. The molecule has 1 nitrogen and oxygen atoms in total. The molecule has 0 atom stereocenters. The molecule has 0 aromatic rings. The van der Waals surface area contributed by atoms with Gasteiger partial charge in [0.05, 0.1) is 0 Å². The van der Waals surface area contributed by atoms with Crippen molar-refractivity contribution in [2.75, 3.05) is 6.61 Å². The number of rotatable bonds is 3. The molecule has 0 N–H and O–H groups in total. The van der Waals surface area contributed by atoms with Crippen LogP contribution >= 0.6 is 0 Å². The maximum absolute atomic E-state index is 4.78. The molecule has 0 unspecified atom stereocenters. The molecule has 0 aromatic carbocycles. The minimum atomic E-state index is 0. The smallest absolute Gasteiger partial charge is 0 e. The number of hydrogen-bond donors (Lipinski definition) is 0. The van der Waals surface area contributed by atoms with Gasteiger partial charge >= 0.3 is 50.5 Å². The molecule has 0 aliphatic rings. The summed E-state index contributed by atoms with van der Waals surface area (Å²) in [7, 11) is 0. The maximum atomic E-state index is 4.78. The van der Waals surface area contributed by atoms with E-state index in [0.29, 0.717) is 0 Å². The summed E-state index contributed by atoms with van der Waals surface area (Å²) in [6, 6.07) is 0. The summed E-state index contributed by atoms with van der Waals surface area (Å²) in [6.07, 6.45) is 2.42. The van der Waals surface area contributed by atoms with Gasteiger partial charge in [-0.2, -0.15) is 0 Å². The van der Waals surface area contributed by atoms with Gasteiger partial charge in [-0.15, -0.1) is 0 Å². The Morgan fingerprint density at radius 3 is 2.29 bits per heavy atom. The first-order valence-electron chi connectivity index (χ1n) is 2.20. The van der Waals surface area contributed by atoms with Gasteiger partial charge in [-0.05, 0) is 0 Å². The standard InChI is InChI=1S/C4H9O.2Ti/c1-2-3-4-5;;/h2-4H2,1H3;;/q-1;;+1. The van der Waals surface area contributed by atoms with Crippen LogP contribution in [0.2, 0.25) is 0 Å². The molecule has 0 aromatic heterocycles. The molecule has 0 fully saturated rings. The third kappa shape index (κ3) is 11.1. The van der Waals surface area contributed by atoms with Crippen molar-refractivity contribution in [1.82, 2.24) is 0 Å². The Balaban J connectivity index is 0. The summed E-state index contributed by atoms with van der Waals surface area (Å²) in [5, 5.41) is 0. The fourth-order valence-electron chi connectivity index (χ4n) is 0.217. The average molecular weight is 169 g/mol. The fourth-order valence-corrected chi connectivity index (χ4v) is 0.442. The molecule has 0 radical (unpaired) electrons. The largest absolute Gasteiger partial charge is 0 e. The first-order valence-corrected chi connectivity index (χ1v) is 2.84. The first kappa shape index (κ1) is 11.2. The molecular weight excluding hydrogens is 160 g/mol. The number of hydrogen-bond acceptors (Lipinski definition) is 1. The van der Waals surface area contributed by atoms with Gasteiger partial charge in [0.1, 0.15) is 0 Å². The van der Waals surface area contributed by atoms with Crippen molar-refractivity contribution < 1.29 is 45.9 Å². The molecule has 7 heavy (non-hydrogen) atoms. The maximum Gasteiger partial charge on any atom is 0 e. The molecule has 3 heteroatoms. The molecule has 0 aliphatic carbocycles. The van der Waals surface area contributed by atoms with Crippen molar-refractivity contribution in [3.05, 3.63) is 0 Å². The van der Waals surface area contributed by atoms with Gasteiger partial charge in [0.25, 0.3) is 0 Å². The molecule has 0 aliphatic heterocycles. The molecule has 39 valence electrons. The van der Waals surface area contributed by atoms with Gasteiger partial charge in [-0.1, -0.05) is 0 Å². The SMILES string of the molecule is CCCC[O][Ti].[Ti]. The second kappa shape index (κ2) is 10.4. The Morgan fingerprint density at radius 2 is 2.14 bits per heavy atom. The summed E-state index contributed by atoms with van der Waals surface area (Å²) in [5.41, 5.74) is 0. The van der Waals surface area contributed by atoms with Crippen LogP contribution in [-0.4, -0.2) is 6.61 Å². The van der Waals surface area contributed by atoms with Gasteiger partial charge in [-0.25, -0.2) is 0 Å². The topological polar surface area (TPSA) is 9.23 Å². The van der Waals surface area contributed by atoms with Crippen LogP contribution in [0.5, 0.6) is 0 Å². The summed E-state index contributed by atoms with van der Waals surface area (Å²) >= 11 is 1.73. The van der Waals surface area contributed by atoms with E-state index in [1.54, 1.807) is 20.8 Å². The van der Waals surface area contributed by atoms with Gasteiger partial charge in [0.2, 0.25) is 0 Å². The molecule has 0 spiro atoms. The summed E-state index contributed by atoms with van der Waals surface area (Å²) in [5.74, 6) is 0. The van der Waals surface area contributed by atoms with Gasteiger partial charge in [0.15, 0.2) is 0 Å². The van der Waals surface area contributed by atoms with Crippen LogP contribution in [-0.2, 0) is 45.9 Å². The van der Waals surface area contributed by atoms with Crippen molar-refractivity contribution in [2.45, 2.75) is 19.8 Å². The fraction of sp³-hybridized carbons (Fsp3) is 1.00. The van der Waals surface area contributed by atoms with Crippen LogP contribution in [0.15, 0.2) is 0 Å². The minimum absolute atomic E-state index is 0. The molecule has 0 bridgehead atoms. The van der Waals surface area contributed by atoms with Crippen molar-refractivity contribution in [3.63, 3.8) is 0 Å². The van der Waals surface area contributed by atoms with Gasteiger partial charge < -0.3 is 0 Å². The van der Waals surface area contributed by atoms with Crippen molar-refractivity contribution >= 4 is 0 Å². The van der Waals surface area contributed by atoms with E-state index < -0.39 is 0 Å². The van der Waals surface area contributed by atoms with Crippen molar-refractivity contribution in [1.29, 1.82) is 0 Å². The van der Waals surface area contributed by atoms with E-state index in [9.17, 15) is 0 Å². The zero-order chi connectivity index (χ0) is 4.83. The summed E-state index contributed by atoms with van der Waals surface area (Å²) in [4.78, 5) is 0. The Labute approximate surface area is 72.0 Å².